The first-order chi connectivity index (χ1) is 5.27. The highest BCUT2D eigenvalue weighted by Gasteiger charge is 2.26. The smallest absolute Gasteiger partial charge is 0.198 e. The van der Waals surface area contributed by atoms with Crippen LogP contribution in [-0.4, -0.2) is 11.8 Å². The van der Waals surface area contributed by atoms with E-state index in [1.54, 1.807) is 0 Å². The van der Waals surface area contributed by atoms with Crippen LogP contribution in [0.5, 0.6) is 0 Å². The van der Waals surface area contributed by atoms with Gasteiger partial charge in [-0.25, -0.2) is 0 Å². The van der Waals surface area contributed by atoms with Gasteiger partial charge in [0.1, 0.15) is 0 Å². The van der Waals surface area contributed by atoms with E-state index < -0.39 is 0 Å². The monoisotopic (exact) mass is 154 g/mol. The quantitative estimate of drug-likeness (QED) is 0.670. The van der Waals surface area contributed by atoms with Crippen molar-refractivity contribution in [3.63, 3.8) is 0 Å². The largest absolute Gasteiger partial charge is 0.325 e. The molecule has 63 valence electrons. The Hall–Kier alpha value is -0.370. The maximum absolute atomic E-state index is 10.0. The molecule has 0 heterocycles. The molecule has 11 heavy (non-hydrogen) atoms. The second kappa shape index (κ2) is 3.86. The summed E-state index contributed by atoms with van der Waals surface area (Å²) in [5, 5.41) is 0. The normalized spacial score (nSPS) is 23.0. The molecule has 0 saturated heterocycles. The molecular formula is C9H16NO. The number of hydrogen-bond acceptors (Lipinski definition) is 2. The van der Waals surface area contributed by atoms with Gasteiger partial charge in [-0.1, -0.05) is 19.3 Å². The van der Waals surface area contributed by atoms with E-state index in [1.165, 1.54) is 19.3 Å². The van der Waals surface area contributed by atoms with Gasteiger partial charge in [-0.15, -0.1) is 0 Å². The molecule has 0 aromatic rings. The van der Waals surface area contributed by atoms with Crippen LogP contribution in [0.4, 0.5) is 0 Å². The highest BCUT2D eigenvalue weighted by Crippen LogP contribution is 2.29. The fourth-order valence-corrected chi connectivity index (χ4v) is 1.81. The molecule has 0 bridgehead atoms. The van der Waals surface area contributed by atoms with Crippen LogP contribution in [0.15, 0.2) is 0 Å². The van der Waals surface area contributed by atoms with E-state index >= 15 is 0 Å². The topological polar surface area (TPSA) is 43.1 Å². The van der Waals surface area contributed by atoms with Crippen molar-refractivity contribution in [3.8, 4) is 0 Å². The Morgan fingerprint density at radius 3 is 2.45 bits per heavy atom. The SMILES string of the molecule is NC1(CC[C]=O)CCCCC1. The van der Waals surface area contributed by atoms with Crippen LogP contribution in [0, 0.1) is 0 Å². The molecule has 1 radical (unpaired) electrons. The first kappa shape index (κ1) is 8.72. The van der Waals surface area contributed by atoms with Gasteiger partial charge in [0, 0.05) is 12.0 Å². The van der Waals surface area contributed by atoms with Crippen molar-refractivity contribution in [2.75, 3.05) is 0 Å². The van der Waals surface area contributed by atoms with E-state index in [-0.39, 0.29) is 5.54 Å². The predicted octanol–water partition coefficient (Wildman–Crippen LogP) is 1.54. The second-order valence-corrected chi connectivity index (χ2v) is 3.57. The molecule has 0 unspecified atom stereocenters. The zero-order chi connectivity index (χ0) is 8.16. The van der Waals surface area contributed by atoms with Crippen molar-refractivity contribution in [1.82, 2.24) is 0 Å². The van der Waals surface area contributed by atoms with Crippen molar-refractivity contribution in [1.29, 1.82) is 0 Å². The minimum atomic E-state index is -0.0321. The highest BCUT2D eigenvalue weighted by atomic mass is 16.1. The Labute approximate surface area is 68.2 Å². The van der Waals surface area contributed by atoms with Crippen LogP contribution >= 0.6 is 0 Å². The summed E-state index contributed by atoms with van der Waals surface area (Å²) in [5.41, 5.74) is 6.03. The maximum atomic E-state index is 10.0. The number of carbonyl (C=O) groups excluding carboxylic acids is 1. The zero-order valence-corrected chi connectivity index (χ0v) is 6.94. The number of hydrogen-bond donors (Lipinski definition) is 1. The van der Waals surface area contributed by atoms with Crippen LogP contribution in [0.1, 0.15) is 44.9 Å². The highest BCUT2D eigenvalue weighted by molar-refractivity contribution is 5.50. The average molecular weight is 154 g/mol. The fraction of sp³-hybridized carbons (Fsp3) is 0.889. The van der Waals surface area contributed by atoms with Crippen molar-refractivity contribution < 1.29 is 4.79 Å². The van der Waals surface area contributed by atoms with Gasteiger partial charge < -0.3 is 5.73 Å². The number of rotatable bonds is 3. The van der Waals surface area contributed by atoms with E-state index in [0.29, 0.717) is 6.42 Å². The predicted molar refractivity (Wildman–Crippen MR) is 44.9 cm³/mol. The van der Waals surface area contributed by atoms with E-state index in [2.05, 4.69) is 0 Å². The Morgan fingerprint density at radius 2 is 1.91 bits per heavy atom. The lowest BCUT2D eigenvalue weighted by atomic mass is 9.79. The van der Waals surface area contributed by atoms with Crippen molar-refractivity contribution in [2.24, 2.45) is 5.73 Å². The molecule has 2 nitrogen and oxygen atoms in total. The summed E-state index contributed by atoms with van der Waals surface area (Å²) in [6, 6.07) is 0. The summed E-state index contributed by atoms with van der Waals surface area (Å²) in [6.45, 7) is 0. The third kappa shape index (κ3) is 2.62. The first-order valence-corrected chi connectivity index (χ1v) is 4.41. The Bertz CT molecular complexity index is 128. The number of nitrogens with two attached hydrogens (primary N) is 1. The van der Waals surface area contributed by atoms with Crippen LogP contribution in [0.2, 0.25) is 0 Å². The van der Waals surface area contributed by atoms with Gasteiger partial charge in [0.15, 0.2) is 6.29 Å². The van der Waals surface area contributed by atoms with Gasteiger partial charge in [-0.2, -0.15) is 0 Å². The van der Waals surface area contributed by atoms with Gasteiger partial charge in [0.2, 0.25) is 0 Å². The Balaban J connectivity index is 2.30. The van der Waals surface area contributed by atoms with E-state index in [0.717, 1.165) is 19.3 Å². The zero-order valence-electron chi connectivity index (χ0n) is 6.94. The molecule has 2 heteroatoms. The van der Waals surface area contributed by atoms with Gasteiger partial charge in [-0.3, -0.25) is 4.79 Å². The molecular weight excluding hydrogens is 138 g/mol. The molecule has 1 saturated carbocycles. The standard InChI is InChI=1S/C9H16NO/c10-9(7-4-8-11)5-2-1-3-6-9/h1-7,10H2. The molecule has 2 N–H and O–H groups in total. The first-order valence-electron chi connectivity index (χ1n) is 4.41. The Morgan fingerprint density at radius 1 is 1.27 bits per heavy atom. The summed E-state index contributed by atoms with van der Waals surface area (Å²) >= 11 is 0. The van der Waals surface area contributed by atoms with Crippen LogP contribution in [0.25, 0.3) is 0 Å². The average Bonchev–Trinajstić information content (AvgIpc) is 2.03. The molecule has 0 atom stereocenters. The molecule has 1 aliphatic carbocycles. The van der Waals surface area contributed by atoms with Crippen LogP contribution < -0.4 is 5.73 Å². The fourth-order valence-electron chi connectivity index (χ4n) is 1.81. The van der Waals surface area contributed by atoms with Crippen LogP contribution in [0.3, 0.4) is 0 Å². The lowest BCUT2D eigenvalue weighted by molar-refractivity contribution is 0.281. The van der Waals surface area contributed by atoms with E-state index in [1.807, 2.05) is 6.29 Å². The molecule has 0 aliphatic heterocycles. The lowest BCUT2D eigenvalue weighted by Gasteiger charge is -2.32. The van der Waals surface area contributed by atoms with Gasteiger partial charge in [0.25, 0.3) is 0 Å². The van der Waals surface area contributed by atoms with E-state index in [4.69, 9.17) is 5.73 Å². The van der Waals surface area contributed by atoms with Gasteiger partial charge in [-0.05, 0) is 19.3 Å². The molecule has 0 aromatic heterocycles. The summed E-state index contributed by atoms with van der Waals surface area (Å²) in [7, 11) is 0. The van der Waals surface area contributed by atoms with Gasteiger partial charge in [0.05, 0.1) is 0 Å². The van der Waals surface area contributed by atoms with Crippen molar-refractivity contribution >= 4 is 6.29 Å². The third-order valence-electron chi connectivity index (χ3n) is 2.57. The minimum Gasteiger partial charge on any atom is -0.325 e. The van der Waals surface area contributed by atoms with Gasteiger partial charge >= 0.3 is 0 Å². The third-order valence-corrected chi connectivity index (χ3v) is 2.57. The molecule has 0 aromatic carbocycles. The summed E-state index contributed by atoms with van der Waals surface area (Å²) in [5.74, 6) is 0. The maximum Gasteiger partial charge on any atom is 0.198 e. The summed E-state index contributed by atoms with van der Waals surface area (Å²) < 4.78 is 0. The van der Waals surface area contributed by atoms with Crippen molar-refractivity contribution in [3.05, 3.63) is 0 Å². The Kier molecular flexibility index (Phi) is 3.06. The molecule has 1 rings (SSSR count). The molecule has 0 spiro atoms. The molecule has 1 aliphatic rings. The molecule has 0 amide bonds. The second-order valence-electron chi connectivity index (χ2n) is 3.57. The van der Waals surface area contributed by atoms with Crippen molar-refractivity contribution in [2.45, 2.75) is 50.5 Å². The summed E-state index contributed by atoms with van der Waals surface area (Å²) in [4.78, 5) is 10.0. The lowest BCUT2D eigenvalue weighted by Crippen LogP contribution is -2.41. The molecule has 1 fully saturated rings. The summed E-state index contributed by atoms with van der Waals surface area (Å²) in [6.07, 6.45) is 9.21. The minimum absolute atomic E-state index is 0.0321. The van der Waals surface area contributed by atoms with Crippen LogP contribution in [-0.2, 0) is 4.79 Å². The van der Waals surface area contributed by atoms with E-state index in [9.17, 15) is 4.79 Å².